The van der Waals surface area contributed by atoms with Gasteiger partial charge in [0.25, 0.3) is 10.0 Å². The predicted octanol–water partition coefficient (Wildman–Crippen LogP) is 1.04. The molecule has 0 saturated carbocycles. The molecule has 0 aliphatic heterocycles. The topological polar surface area (TPSA) is 88.3 Å². The van der Waals surface area contributed by atoms with Gasteiger partial charge < -0.3 is 10.6 Å². The van der Waals surface area contributed by atoms with Crippen molar-refractivity contribution in [3.63, 3.8) is 0 Å². The molecule has 1 rings (SSSR count). The number of nitrogens with zero attached hydrogens (tertiary/aromatic N) is 2. The number of aryl methyl sites for hydroxylation is 1. The summed E-state index contributed by atoms with van der Waals surface area (Å²) in [6.07, 6.45) is 1.06. The molecule has 1 aromatic rings. The Labute approximate surface area is 119 Å². The van der Waals surface area contributed by atoms with Gasteiger partial charge in [0.05, 0.1) is 5.69 Å². The molecule has 6 nitrogen and oxygen atoms in total. The first-order valence-electron chi connectivity index (χ1n) is 6.35. The summed E-state index contributed by atoms with van der Waals surface area (Å²) in [4.78, 5) is 6.14. The zero-order valence-electron chi connectivity index (χ0n) is 11.6. The van der Waals surface area contributed by atoms with Crippen molar-refractivity contribution in [2.75, 3.05) is 31.9 Å². The minimum absolute atomic E-state index is 0.212. The van der Waals surface area contributed by atoms with E-state index in [2.05, 4.69) is 28.5 Å². The van der Waals surface area contributed by atoms with E-state index >= 15 is 0 Å². The van der Waals surface area contributed by atoms with E-state index in [0.29, 0.717) is 18.8 Å². The molecular formula is C11H22N4O2S2. The Kier molecular flexibility index (Phi) is 6.18. The number of thiazole rings is 1. The van der Waals surface area contributed by atoms with Gasteiger partial charge >= 0.3 is 0 Å². The summed E-state index contributed by atoms with van der Waals surface area (Å²) in [6.45, 7) is 8.82. The van der Waals surface area contributed by atoms with Crippen LogP contribution in [0.2, 0.25) is 0 Å². The molecule has 0 radical (unpaired) electrons. The van der Waals surface area contributed by atoms with Gasteiger partial charge in [0.1, 0.15) is 0 Å². The average molecular weight is 306 g/mol. The monoisotopic (exact) mass is 306 g/mol. The number of nitrogen functional groups attached to an aromatic ring is 1. The van der Waals surface area contributed by atoms with Gasteiger partial charge in [-0.25, -0.2) is 18.1 Å². The highest BCUT2D eigenvalue weighted by Crippen LogP contribution is 2.24. The van der Waals surface area contributed by atoms with Gasteiger partial charge in [-0.05, 0) is 26.4 Å². The van der Waals surface area contributed by atoms with Gasteiger partial charge in [-0.1, -0.05) is 25.2 Å². The average Bonchev–Trinajstić information content (AvgIpc) is 2.68. The van der Waals surface area contributed by atoms with Crippen molar-refractivity contribution in [1.82, 2.24) is 14.6 Å². The Morgan fingerprint density at radius 3 is 2.53 bits per heavy atom. The second-order valence-corrected chi connectivity index (χ2v) is 7.25. The number of anilines is 1. The molecule has 0 aromatic carbocycles. The van der Waals surface area contributed by atoms with Crippen LogP contribution in [0.4, 0.5) is 5.13 Å². The Morgan fingerprint density at radius 2 is 2.05 bits per heavy atom. The number of hydrogen-bond donors (Lipinski definition) is 2. The van der Waals surface area contributed by atoms with Crippen LogP contribution in [-0.4, -0.2) is 44.5 Å². The molecule has 0 bridgehead atoms. The maximum atomic E-state index is 12.1. The largest absolute Gasteiger partial charge is 0.375 e. The lowest BCUT2D eigenvalue weighted by Gasteiger charge is -2.19. The van der Waals surface area contributed by atoms with Gasteiger partial charge in [0.15, 0.2) is 9.34 Å². The molecule has 110 valence electrons. The van der Waals surface area contributed by atoms with E-state index in [-0.39, 0.29) is 9.34 Å². The zero-order valence-corrected chi connectivity index (χ0v) is 13.3. The fourth-order valence-electron chi connectivity index (χ4n) is 1.80. The molecule has 0 unspecified atom stereocenters. The SMILES string of the molecule is CCCN(CC)CCNS(=O)(=O)c1sc(N)nc1C. The lowest BCUT2D eigenvalue weighted by Crippen LogP contribution is -2.35. The van der Waals surface area contributed by atoms with Crippen LogP contribution in [-0.2, 0) is 10.0 Å². The number of hydrogen-bond acceptors (Lipinski definition) is 6. The number of nitrogens with one attached hydrogen (secondary N) is 1. The minimum Gasteiger partial charge on any atom is -0.375 e. The summed E-state index contributed by atoms with van der Waals surface area (Å²) >= 11 is 0.999. The van der Waals surface area contributed by atoms with E-state index in [1.54, 1.807) is 6.92 Å². The molecule has 0 aliphatic carbocycles. The Balaban J connectivity index is 2.59. The van der Waals surface area contributed by atoms with Gasteiger partial charge in [-0.3, -0.25) is 0 Å². The smallest absolute Gasteiger partial charge is 0.252 e. The number of aromatic nitrogens is 1. The molecule has 0 aliphatic rings. The number of rotatable bonds is 8. The summed E-state index contributed by atoms with van der Waals surface area (Å²) in [5.74, 6) is 0. The molecule has 1 aromatic heterocycles. The van der Waals surface area contributed by atoms with E-state index in [1.165, 1.54) is 0 Å². The van der Waals surface area contributed by atoms with Crippen LogP contribution in [0.5, 0.6) is 0 Å². The Bertz CT molecular complexity index is 499. The van der Waals surface area contributed by atoms with Crippen LogP contribution in [0.1, 0.15) is 26.0 Å². The summed E-state index contributed by atoms with van der Waals surface area (Å²) in [5, 5.41) is 0.277. The second-order valence-electron chi connectivity index (χ2n) is 4.26. The predicted molar refractivity (Wildman–Crippen MR) is 78.9 cm³/mol. The molecule has 0 amide bonds. The van der Waals surface area contributed by atoms with E-state index in [9.17, 15) is 8.42 Å². The standard InChI is InChI=1S/C11H22N4O2S2/c1-4-7-15(5-2)8-6-13-19(16,17)10-9(3)14-11(12)18-10/h13H,4-8H2,1-3H3,(H2,12,14). The molecular weight excluding hydrogens is 284 g/mol. The maximum absolute atomic E-state index is 12.1. The first kappa shape index (κ1) is 16.4. The lowest BCUT2D eigenvalue weighted by molar-refractivity contribution is 0.293. The lowest BCUT2D eigenvalue weighted by atomic mass is 10.4. The van der Waals surface area contributed by atoms with Gasteiger partial charge in [-0.2, -0.15) is 0 Å². The molecule has 1 heterocycles. The van der Waals surface area contributed by atoms with Crippen molar-refractivity contribution in [3.05, 3.63) is 5.69 Å². The second kappa shape index (κ2) is 7.18. The third-order valence-corrected chi connectivity index (χ3v) is 5.78. The number of likely N-dealkylation sites (N-methyl/N-ethyl adjacent to an activating group) is 1. The Morgan fingerprint density at radius 1 is 1.37 bits per heavy atom. The van der Waals surface area contributed by atoms with Gasteiger partial charge in [0.2, 0.25) is 0 Å². The maximum Gasteiger partial charge on any atom is 0.252 e. The number of nitrogens with two attached hydrogens (primary N) is 1. The highest BCUT2D eigenvalue weighted by Gasteiger charge is 2.20. The summed E-state index contributed by atoms with van der Waals surface area (Å²) in [6, 6.07) is 0. The fraction of sp³-hybridized carbons (Fsp3) is 0.727. The van der Waals surface area contributed by atoms with Crippen LogP contribution < -0.4 is 10.5 Å². The third kappa shape index (κ3) is 4.72. The summed E-state index contributed by atoms with van der Waals surface area (Å²) in [7, 11) is -3.49. The van der Waals surface area contributed by atoms with Crippen molar-refractivity contribution in [2.24, 2.45) is 0 Å². The van der Waals surface area contributed by atoms with E-state index in [1.807, 2.05) is 0 Å². The molecule has 0 fully saturated rings. The Hall–Kier alpha value is -0.700. The molecule has 0 saturated heterocycles. The number of sulfonamides is 1. The highest BCUT2D eigenvalue weighted by atomic mass is 32.2. The van der Waals surface area contributed by atoms with Crippen LogP contribution in [0.3, 0.4) is 0 Å². The van der Waals surface area contributed by atoms with Crippen LogP contribution in [0.15, 0.2) is 4.21 Å². The van der Waals surface area contributed by atoms with Crippen molar-refractivity contribution in [1.29, 1.82) is 0 Å². The first-order chi connectivity index (χ1) is 8.90. The highest BCUT2D eigenvalue weighted by molar-refractivity contribution is 7.91. The molecule has 3 N–H and O–H groups in total. The van der Waals surface area contributed by atoms with Crippen LogP contribution >= 0.6 is 11.3 Å². The van der Waals surface area contributed by atoms with Crippen molar-refractivity contribution < 1.29 is 8.42 Å². The molecule has 0 spiro atoms. The summed E-state index contributed by atoms with van der Waals surface area (Å²) in [5.41, 5.74) is 5.98. The van der Waals surface area contributed by atoms with E-state index in [4.69, 9.17) is 5.73 Å². The fourth-order valence-corrected chi connectivity index (χ4v) is 4.16. The molecule has 19 heavy (non-hydrogen) atoms. The molecule has 8 heteroatoms. The van der Waals surface area contributed by atoms with Crippen LogP contribution in [0, 0.1) is 6.92 Å². The van der Waals surface area contributed by atoms with Gasteiger partial charge in [-0.15, -0.1) is 0 Å². The zero-order chi connectivity index (χ0) is 14.5. The van der Waals surface area contributed by atoms with Crippen molar-refractivity contribution in [2.45, 2.75) is 31.4 Å². The normalized spacial score (nSPS) is 12.2. The minimum atomic E-state index is -3.49. The summed E-state index contributed by atoms with van der Waals surface area (Å²) < 4.78 is 27.0. The molecule has 0 atom stereocenters. The van der Waals surface area contributed by atoms with Crippen molar-refractivity contribution >= 4 is 26.5 Å². The van der Waals surface area contributed by atoms with E-state index < -0.39 is 10.0 Å². The van der Waals surface area contributed by atoms with E-state index in [0.717, 1.165) is 30.8 Å². The quantitative estimate of drug-likeness (QED) is 0.749. The van der Waals surface area contributed by atoms with Crippen LogP contribution in [0.25, 0.3) is 0 Å². The first-order valence-corrected chi connectivity index (χ1v) is 8.65. The van der Waals surface area contributed by atoms with Gasteiger partial charge in [0, 0.05) is 13.1 Å². The van der Waals surface area contributed by atoms with Crippen molar-refractivity contribution in [3.8, 4) is 0 Å². The third-order valence-electron chi connectivity index (χ3n) is 2.72.